The van der Waals surface area contributed by atoms with Crippen LogP contribution in [0.25, 0.3) is 44.3 Å². The van der Waals surface area contributed by atoms with Gasteiger partial charge in [0.05, 0.1) is 0 Å². The van der Waals surface area contributed by atoms with Gasteiger partial charge in [-0.1, -0.05) is 0 Å². The fourth-order valence-electron chi connectivity index (χ4n) is 9.88. The number of hydrogen-bond acceptors (Lipinski definition) is 4. The summed E-state index contributed by atoms with van der Waals surface area (Å²) in [4.78, 5) is 0. The number of benzene rings is 3. The van der Waals surface area contributed by atoms with E-state index < -0.39 is 0 Å². The summed E-state index contributed by atoms with van der Waals surface area (Å²) < 4.78 is 20.2. The van der Waals surface area contributed by atoms with Gasteiger partial charge in [0.15, 0.2) is 0 Å². The molecule has 0 fully saturated rings. The summed E-state index contributed by atoms with van der Waals surface area (Å²) in [5, 5.41) is 0. The van der Waals surface area contributed by atoms with Crippen molar-refractivity contribution < 1.29 is 0 Å². The Morgan fingerprint density at radius 2 is 0.780 bits per heavy atom. The SMILES string of the molecule is CCCCCCC1(CCCCCC)c2cc3c(cc2-c2c1ccc1n[se]nc21)C(CCCCCC)(CCCCCC)c1ccc2n[se]nc2c1-3. The molecular formula is C44H58N4Se2. The van der Waals surface area contributed by atoms with E-state index in [0.717, 1.165) is 11.0 Å². The molecule has 0 aliphatic heterocycles. The van der Waals surface area contributed by atoms with Gasteiger partial charge < -0.3 is 0 Å². The third-order valence-electron chi connectivity index (χ3n) is 12.4. The zero-order chi connectivity index (χ0) is 34.6. The molecule has 0 saturated carbocycles. The third kappa shape index (κ3) is 6.44. The standard InChI is InChI=1S/C44H58N4Se2/c1-5-9-13-17-25-43(26-18-14-10-6-2)33-21-23-37-41(47-49-45-37)39(33)31-30-36-32(29-35(31)43)40-34(22-24-38-42(40)48-50-46-38)44(36,27-19-15-11-7-3)28-20-16-12-8-4/h21-24,29-30H,5-20,25-28H2,1-4H3. The van der Waals surface area contributed by atoms with Crippen LogP contribution in [0, 0.1) is 0 Å². The molecule has 5 aromatic rings. The van der Waals surface area contributed by atoms with E-state index in [4.69, 9.17) is 15.9 Å². The summed E-state index contributed by atoms with van der Waals surface area (Å²) >= 11 is -0.0958. The van der Waals surface area contributed by atoms with Crippen LogP contribution in [0.1, 0.15) is 178 Å². The number of aromatic nitrogens is 4. The van der Waals surface area contributed by atoms with E-state index >= 15 is 0 Å². The molecule has 266 valence electrons. The molecule has 0 spiro atoms. The van der Waals surface area contributed by atoms with Crippen LogP contribution in [-0.2, 0) is 10.8 Å². The quantitative estimate of drug-likeness (QED) is 0.0581. The van der Waals surface area contributed by atoms with Crippen molar-refractivity contribution in [2.24, 2.45) is 0 Å². The molecule has 2 aliphatic rings. The van der Waals surface area contributed by atoms with Crippen molar-refractivity contribution in [3.8, 4) is 22.3 Å². The fourth-order valence-corrected chi connectivity index (χ4v) is 12.2. The van der Waals surface area contributed by atoms with Crippen molar-refractivity contribution >= 4 is 52.0 Å². The number of nitrogens with zero attached hydrogens (tertiary/aromatic N) is 4. The van der Waals surface area contributed by atoms with Crippen LogP contribution >= 0.6 is 0 Å². The summed E-state index contributed by atoms with van der Waals surface area (Å²) in [6.07, 6.45) is 25.6. The van der Waals surface area contributed by atoms with E-state index in [1.165, 1.54) is 162 Å². The first-order chi connectivity index (χ1) is 24.6. The van der Waals surface area contributed by atoms with Gasteiger partial charge in [-0.25, -0.2) is 0 Å². The predicted molar refractivity (Wildman–Crippen MR) is 214 cm³/mol. The average molecular weight is 801 g/mol. The first-order valence-corrected chi connectivity index (χ1v) is 23.4. The van der Waals surface area contributed by atoms with E-state index in [-0.39, 0.29) is 40.8 Å². The van der Waals surface area contributed by atoms with Crippen LogP contribution in [0.15, 0.2) is 36.4 Å². The molecule has 7 rings (SSSR count). The molecule has 6 heteroatoms. The van der Waals surface area contributed by atoms with Gasteiger partial charge in [-0.15, -0.1) is 0 Å². The van der Waals surface area contributed by atoms with Crippen molar-refractivity contribution in [1.82, 2.24) is 15.9 Å². The van der Waals surface area contributed by atoms with Gasteiger partial charge in [0.2, 0.25) is 0 Å². The molecule has 0 atom stereocenters. The Morgan fingerprint density at radius 3 is 1.12 bits per heavy atom. The average Bonchev–Trinajstić information content (AvgIpc) is 3.92. The van der Waals surface area contributed by atoms with E-state index in [1.54, 1.807) is 22.3 Å². The molecule has 0 radical (unpaired) electrons. The van der Waals surface area contributed by atoms with Crippen molar-refractivity contribution in [3.05, 3.63) is 58.7 Å². The summed E-state index contributed by atoms with van der Waals surface area (Å²) in [5.41, 5.74) is 16.8. The van der Waals surface area contributed by atoms with E-state index in [1.807, 2.05) is 0 Å². The van der Waals surface area contributed by atoms with Crippen LogP contribution < -0.4 is 0 Å². The monoisotopic (exact) mass is 802 g/mol. The molecule has 0 amide bonds. The van der Waals surface area contributed by atoms with E-state index in [0.29, 0.717) is 0 Å². The molecular weight excluding hydrogens is 742 g/mol. The van der Waals surface area contributed by atoms with Gasteiger partial charge in [0.1, 0.15) is 0 Å². The molecule has 0 bridgehead atoms. The topological polar surface area (TPSA) is 51.6 Å². The Balaban J connectivity index is 1.48. The number of unbranched alkanes of at least 4 members (excludes halogenated alkanes) is 12. The third-order valence-corrected chi connectivity index (χ3v) is 14.7. The predicted octanol–water partition coefficient (Wildman–Crippen LogP) is 12.1. The molecule has 0 N–H and O–H groups in total. The van der Waals surface area contributed by atoms with Gasteiger partial charge in [0.25, 0.3) is 0 Å². The van der Waals surface area contributed by atoms with Crippen LogP contribution in [0.3, 0.4) is 0 Å². The van der Waals surface area contributed by atoms with Crippen LogP contribution in [0.2, 0.25) is 0 Å². The van der Waals surface area contributed by atoms with Crippen LogP contribution in [0.4, 0.5) is 0 Å². The molecule has 50 heavy (non-hydrogen) atoms. The normalized spacial score (nSPS) is 15.1. The summed E-state index contributed by atoms with van der Waals surface area (Å²) in [7, 11) is 0. The van der Waals surface area contributed by atoms with Gasteiger partial charge in [-0.3, -0.25) is 0 Å². The van der Waals surface area contributed by atoms with Crippen LogP contribution in [0.5, 0.6) is 0 Å². The fraction of sp³-hybridized carbons (Fsp3) is 0.591. The first-order valence-electron chi connectivity index (χ1n) is 20.3. The second kappa shape index (κ2) is 16.3. The Kier molecular flexibility index (Phi) is 11.8. The van der Waals surface area contributed by atoms with Gasteiger partial charge >= 0.3 is 316 Å². The number of hydrogen-bond donors (Lipinski definition) is 0. The Bertz CT molecular complexity index is 1740. The maximum atomic E-state index is 5.18. The van der Waals surface area contributed by atoms with Gasteiger partial charge in [0, 0.05) is 0 Å². The number of rotatable bonds is 20. The first kappa shape index (κ1) is 36.3. The molecule has 0 saturated heterocycles. The molecule has 2 aromatic heterocycles. The molecule has 4 nitrogen and oxygen atoms in total. The molecule has 2 aliphatic carbocycles. The van der Waals surface area contributed by atoms with Crippen molar-refractivity contribution in [2.45, 2.75) is 167 Å². The van der Waals surface area contributed by atoms with Crippen molar-refractivity contribution in [3.63, 3.8) is 0 Å². The minimum absolute atomic E-state index is 0.0262. The number of fused-ring (bicyclic) bond motifs is 10. The van der Waals surface area contributed by atoms with Gasteiger partial charge in [-0.05, 0) is 0 Å². The molecule has 3 aromatic carbocycles. The Labute approximate surface area is 314 Å². The summed E-state index contributed by atoms with van der Waals surface area (Å²) in [6.45, 7) is 9.35. The zero-order valence-electron chi connectivity index (χ0n) is 31.2. The Morgan fingerprint density at radius 1 is 0.420 bits per heavy atom. The molecule has 0 unspecified atom stereocenters. The zero-order valence-corrected chi connectivity index (χ0v) is 34.6. The van der Waals surface area contributed by atoms with Crippen LogP contribution in [-0.4, -0.2) is 45.8 Å². The van der Waals surface area contributed by atoms with Crippen molar-refractivity contribution in [1.29, 1.82) is 0 Å². The Hall–Kier alpha value is -2.10. The second-order valence-electron chi connectivity index (χ2n) is 15.6. The summed E-state index contributed by atoms with van der Waals surface area (Å²) in [5.74, 6) is 0. The maximum absolute atomic E-state index is 5.18. The van der Waals surface area contributed by atoms with E-state index in [2.05, 4.69) is 64.1 Å². The molecule has 2 heterocycles. The second-order valence-corrected chi connectivity index (χ2v) is 17.8. The summed E-state index contributed by atoms with van der Waals surface area (Å²) in [6, 6.07) is 15.1. The van der Waals surface area contributed by atoms with E-state index in [9.17, 15) is 0 Å². The minimum atomic E-state index is -0.0479. The van der Waals surface area contributed by atoms with Crippen molar-refractivity contribution in [2.75, 3.05) is 0 Å². The van der Waals surface area contributed by atoms with Gasteiger partial charge in [-0.2, -0.15) is 0 Å².